The van der Waals surface area contributed by atoms with Gasteiger partial charge in [0.25, 0.3) is 5.91 Å². The van der Waals surface area contributed by atoms with Gasteiger partial charge in [0.05, 0.1) is 23.4 Å². The Kier molecular flexibility index (Phi) is 7.96. The van der Waals surface area contributed by atoms with Crippen LogP contribution in [0, 0.1) is 0 Å². The summed E-state index contributed by atoms with van der Waals surface area (Å²) >= 11 is 11.3. The lowest BCUT2D eigenvalue weighted by Gasteiger charge is -2.14. The van der Waals surface area contributed by atoms with Crippen molar-refractivity contribution < 1.29 is 14.3 Å². The highest BCUT2D eigenvalue weighted by Gasteiger charge is 2.13. The largest absolute Gasteiger partial charge is 0.494 e. The zero-order valence-corrected chi connectivity index (χ0v) is 18.7. The minimum Gasteiger partial charge on any atom is -0.494 e. The predicted molar refractivity (Wildman–Crippen MR) is 132 cm³/mol. The van der Waals surface area contributed by atoms with Gasteiger partial charge in [0.15, 0.2) is 5.11 Å². The van der Waals surface area contributed by atoms with Crippen molar-refractivity contribution in [1.29, 1.82) is 0 Å². The molecule has 0 spiro atoms. The third-order valence-electron chi connectivity index (χ3n) is 4.29. The maximum absolute atomic E-state index is 12.5. The Balaban J connectivity index is 1.62. The van der Waals surface area contributed by atoms with E-state index >= 15 is 0 Å². The van der Waals surface area contributed by atoms with Gasteiger partial charge in [-0.3, -0.25) is 14.9 Å². The average Bonchev–Trinajstić information content (AvgIpc) is 2.79. The molecule has 3 aromatic rings. The molecule has 3 aromatic carbocycles. The summed E-state index contributed by atoms with van der Waals surface area (Å²) in [7, 11) is 1.48. The molecule has 8 heteroatoms. The van der Waals surface area contributed by atoms with E-state index in [1.54, 1.807) is 48.5 Å². The summed E-state index contributed by atoms with van der Waals surface area (Å²) in [5.74, 6) is -0.307. The number of amides is 2. The number of anilines is 2. The van der Waals surface area contributed by atoms with Gasteiger partial charge in [-0.05, 0) is 48.1 Å². The number of benzene rings is 3. The van der Waals surface area contributed by atoms with Crippen LogP contribution < -0.4 is 20.7 Å². The van der Waals surface area contributed by atoms with Crippen molar-refractivity contribution >= 4 is 58.2 Å². The molecule has 6 nitrogen and oxygen atoms in total. The first-order valence-electron chi connectivity index (χ1n) is 9.55. The van der Waals surface area contributed by atoms with Crippen LogP contribution in [0.4, 0.5) is 11.4 Å². The smallest absolute Gasteiger partial charge is 0.257 e. The maximum atomic E-state index is 12.5. The van der Waals surface area contributed by atoms with E-state index in [0.29, 0.717) is 27.7 Å². The molecule has 2 amide bonds. The Morgan fingerprint density at radius 1 is 0.969 bits per heavy atom. The average molecular weight is 466 g/mol. The van der Waals surface area contributed by atoms with Gasteiger partial charge in [-0.25, -0.2) is 0 Å². The Morgan fingerprint density at radius 3 is 2.41 bits per heavy atom. The second-order valence-electron chi connectivity index (χ2n) is 6.54. The number of hydrogen-bond acceptors (Lipinski definition) is 4. The van der Waals surface area contributed by atoms with E-state index in [0.717, 1.165) is 5.56 Å². The van der Waals surface area contributed by atoms with Crippen molar-refractivity contribution in [2.45, 2.75) is 0 Å². The van der Waals surface area contributed by atoms with E-state index in [1.165, 1.54) is 13.2 Å². The van der Waals surface area contributed by atoms with Crippen molar-refractivity contribution in [3.8, 4) is 5.75 Å². The van der Waals surface area contributed by atoms with Crippen LogP contribution >= 0.6 is 23.8 Å². The number of hydrogen-bond donors (Lipinski definition) is 3. The molecule has 0 bridgehead atoms. The number of carbonyl (C=O) groups is 2. The fourth-order valence-corrected chi connectivity index (χ4v) is 3.20. The van der Waals surface area contributed by atoms with E-state index in [2.05, 4.69) is 16.0 Å². The molecule has 3 N–H and O–H groups in total. The molecule has 0 heterocycles. The summed E-state index contributed by atoms with van der Waals surface area (Å²) in [4.78, 5) is 24.6. The van der Waals surface area contributed by atoms with Crippen LogP contribution in [0.15, 0.2) is 78.9 Å². The lowest BCUT2D eigenvalue weighted by molar-refractivity contribution is -0.115. The highest BCUT2D eigenvalue weighted by molar-refractivity contribution is 7.80. The Labute approximate surface area is 196 Å². The number of halogens is 1. The predicted octanol–water partition coefficient (Wildman–Crippen LogP) is 5.13. The second-order valence-corrected chi connectivity index (χ2v) is 7.35. The molecule has 0 fully saturated rings. The van der Waals surface area contributed by atoms with Crippen LogP contribution in [0.3, 0.4) is 0 Å². The number of thiocarbonyl (C=S) groups is 1. The molecule has 0 radical (unpaired) electrons. The van der Waals surface area contributed by atoms with Gasteiger partial charge in [-0.2, -0.15) is 0 Å². The van der Waals surface area contributed by atoms with E-state index < -0.39 is 0 Å². The molecular formula is C24H20ClN3O3S. The van der Waals surface area contributed by atoms with E-state index in [1.807, 2.05) is 30.3 Å². The Morgan fingerprint density at radius 2 is 1.69 bits per heavy atom. The van der Waals surface area contributed by atoms with E-state index in [4.69, 9.17) is 28.6 Å². The van der Waals surface area contributed by atoms with Gasteiger partial charge in [0, 0.05) is 17.8 Å². The summed E-state index contributed by atoms with van der Waals surface area (Å²) in [6.07, 6.45) is 3.09. The molecule has 0 unspecified atom stereocenters. The molecule has 162 valence electrons. The standard InChI is InChI=1S/C24H20ClN3O3S/c1-31-21-15-17(12-13-20(21)27-23(30)18-9-5-6-10-19(18)25)26-24(32)28-22(29)14-11-16-7-3-2-4-8-16/h2-15H,1H3,(H,27,30)(H2,26,28,29,32)/b14-11+. The third kappa shape index (κ3) is 6.41. The first-order valence-corrected chi connectivity index (χ1v) is 10.3. The SMILES string of the molecule is COc1cc(NC(=S)NC(=O)/C=C/c2ccccc2)ccc1NC(=O)c1ccccc1Cl. The topological polar surface area (TPSA) is 79.5 Å². The number of nitrogens with one attached hydrogen (secondary N) is 3. The van der Waals surface area contributed by atoms with Gasteiger partial charge in [-0.1, -0.05) is 54.1 Å². The lowest BCUT2D eigenvalue weighted by atomic mass is 10.2. The summed E-state index contributed by atoms with van der Waals surface area (Å²) in [5, 5.41) is 8.75. The van der Waals surface area contributed by atoms with Crippen molar-refractivity contribution in [1.82, 2.24) is 5.32 Å². The summed E-state index contributed by atoms with van der Waals surface area (Å²) in [5.41, 5.74) is 2.30. The highest BCUT2D eigenvalue weighted by atomic mass is 35.5. The molecule has 0 saturated heterocycles. The normalized spacial score (nSPS) is 10.4. The molecule has 0 aliphatic carbocycles. The van der Waals surface area contributed by atoms with Gasteiger partial charge in [0.2, 0.25) is 5.91 Å². The number of methoxy groups -OCH3 is 1. The first-order chi connectivity index (χ1) is 15.5. The summed E-state index contributed by atoms with van der Waals surface area (Å²) < 4.78 is 5.37. The summed E-state index contributed by atoms with van der Waals surface area (Å²) in [6, 6.07) is 21.2. The van der Waals surface area contributed by atoms with Crippen molar-refractivity contribution in [3.63, 3.8) is 0 Å². The van der Waals surface area contributed by atoms with Crippen LogP contribution in [0.25, 0.3) is 6.08 Å². The molecule has 0 atom stereocenters. The van der Waals surface area contributed by atoms with Gasteiger partial charge in [-0.15, -0.1) is 0 Å². The molecule has 0 aliphatic heterocycles. The van der Waals surface area contributed by atoms with Crippen LogP contribution in [0.2, 0.25) is 5.02 Å². The van der Waals surface area contributed by atoms with Crippen LogP contribution in [-0.4, -0.2) is 24.0 Å². The summed E-state index contributed by atoms with van der Waals surface area (Å²) in [6.45, 7) is 0. The number of carbonyl (C=O) groups excluding carboxylic acids is 2. The van der Waals surface area contributed by atoms with Crippen LogP contribution in [0.5, 0.6) is 5.75 Å². The minimum absolute atomic E-state index is 0.127. The van der Waals surface area contributed by atoms with Crippen molar-refractivity contribution in [2.75, 3.05) is 17.7 Å². The third-order valence-corrected chi connectivity index (χ3v) is 4.82. The first kappa shape index (κ1) is 23.0. The fraction of sp³-hybridized carbons (Fsp3) is 0.0417. The Bertz CT molecular complexity index is 1170. The number of ether oxygens (including phenoxy) is 1. The molecule has 0 aromatic heterocycles. The van der Waals surface area contributed by atoms with Gasteiger partial charge in [0.1, 0.15) is 5.75 Å². The van der Waals surface area contributed by atoms with E-state index in [-0.39, 0.29) is 16.9 Å². The molecule has 0 aliphatic rings. The monoisotopic (exact) mass is 465 g/mol. The molecule has 32 heavy (non-hydrogen) atoms. The Hall–Kier alpha value is -3.68. The fourth-order valence-electron chi connectivity index (χ4n) is 2.76. The maximum Gasteiger partial charge on any atom is 0.257 e. The molecule has 3 rings (SSSR count). The van der Waals surface area contributed by atoms with Crippen LogP contribution in [0.1, 0.15) is 15.9 Å². The van der Waals surface area contributed by atoms with Crippen molar-refractivity contribution in [3.05, 3.63) is 95.0 Å². The lowest BCUT2D eigenvalue weighted by Crippen LogP contribution is -2.32. The molecule has 0 saturated carbocycles. The van der Waals surface area contributed by atoms with E-state index in [9.17, 15) is 9.59 Å². The second kappa shape index (κ2) is 11.1. The minimum atomic E-state index is -0.359. The van der Waals surface area contributed by atoms with Crippen molar-refractivity contribution in [2.24, 2.45) is 0 Å². The van der Waals surface area contributed by atoms with Gasteiger partial charge < -0.3 is 15.4 Å². The van der Waals surface area contributed by atoms with Crippen LogP contribution in [-0.2, 0) is 4.79 Å². The highest BCUT2D eigenvalue weighted by Crippen LogP contribution is 2.29. The zero-order chi connectivity index (χ0) is 22.9. The number of rotatable bonds is 6. The quantitative estimate of drug-likeness (QED) is 0.347. The zero-order valence-electron chi connectivity index (χ0n) is 17.1. The van der Waals surface area contributed by atoms with Gasteiger partial charge >= 0.3 is 0 Å². The molecular weight excluding hydrogens is 446 g/mol.